The first-order chi connectivity index (χ1) is 8.49. The molecule has 3 nitrogen and oxygen atoms in total. The van der Waals surface area contributed by atoms with Crippen LogP contribution in [0.5, 0.6) is 0 Å². The Morgan fingerprint density at radius 1 is 1.16 bits per heavy atom. The maximum atomic E-state index is 12.2. The Labute approximate surface area is 114 Å². The second-order valence-corrected chi connectivity index (χ2v) is 3.88. The first-order valence-corrected chi connectivity index (χ1v) is 5.38. The molecule has 0 radical (unpaired) electrons. The lowest BCUT2D eigenvalue weighted by atomic mass is 10.1. The van der Waals surface area contributed by atoms with Gasteiger partial charge < -0.3 is 5.73 Å². The summed E-state index contributed by atoms with van der Waals surface area (Å²) in [6, 6.07) is 8.82. The molecule has 1 heterocycles. The Hall–Kier alpha value is -1.53. The number of aromatic nitrogens is 2. The Balaban J connectivity index is 0.00000180. The monoisotopic (exact) mass is 291 g/mol. The van der Waals surface area contributed by atoms with Crippen molar-refractivity contribution in [3.63, 3.8) is 0 Å². The van der Waals surface area contributed by atoms with Crippen LogP contribution in [0.1, 0.15) is 5.56 Å². The Morgan fingerprint density at radius 2 is 1.84 bits per heavy atom. The highest BCUT2D eigenvalue weighted by molar-refractivity contribution is 5.85. The molecule has 2 aromatic rings. The van der Waals surface area contributed by atoms with Gasteiger partial charge in [0.2, 0.25) is 0 Å². The summed E-state index contributed by atoms with van der Waals surface area (Å²) in [5, 5.41) is 3.92. The Kier molecular flexibility index (Phi) is 4.97. The number of rotatable bonds is 3. The predicted octanol–water partition coefficient (Wildman–Crippen LogP) is 2.99. The van der Waals surface area contributed by atoms with E-state index in [0.717, 1.165) is 15.8 Å². The van der Waals surface area contributed by atoms with Gasteiger partial charge in [-0.1, -0.05) is 24.3 Å². The number of nitrogens with two attached hydrogens (primary N) is 1. The van der Waals surface area contributed by atoms with E-state index in [4.69, 9.17) is 5.73 Å². The van der Waals surface area contributed by atoms with Gasteiger partial charge in [-0.15, -0.1) is 12.4 Å². The fourth-order valence-corrected chi connectivity index (χ4v) is 1.73. The van der Waals surface area contributed by atoms with Crippen LogP contribution in [0, 0.1) is 0 Å². The minimum absolute atomic E-state index is 0. The lowest BCUT2D eigenvalue weighted by Crippen LogP contribution is -2.17. The molecule has 0 saturated carbocycles. The summed E-state index contributed by atoms with van der Waals surface area (Å²) in [6.45, 7) is -0.764. The van der Waals surface area contributed by atoms with Crippen molar-refractivity contribution in [2.75, 3.05) is 0 Å². The lowest BCUT2D eigenvalue weighted by molar-refractivity contribution is -0.142. The molecule has 0 aliphatic carbocycles. The van der Waals surface area contributed by atoms with Gasteiger partial charge >= 0.3 is 6.18 Å². The number of nitrogens with zero attached hydrogens (tertiary/aromatic N) is 2. The highest BCUT2D eigenvalue weighted by Crippen LogP contribution is 2.23. The first-order valence-electron chi connectivity index (χ1n) is 5.38. The van der Waals surface area contributed by atoms with Crippen LogP contribution in [0.4, 0.5) is 13.2 Å². The van der Waals surface area contributed by atoms with Crippen molar-refractivity contribution in [3.05, 3.63) is 42.1 Å². The summed E-state index contributed by atoms with van der Waals surface area (Å²) in [5.74, 6) is 0. The summed E-state index contributed by atoms with van der Waals surface area (Å²) >= 11 is 0. The molecule has 0 aliphatic heterocycles. The normalized spacial score (nSPS) is 11.2. The molecule has 1 aromatic carbocycles. The van der Waals surface area contributed by atoms with Crippen LogP contribution in [0.15, 0.2) is 36.5 Å². The zero-order valence-corrected chi connectivity index (χ0v) is 10.7. The van der Waals surface area contributed by atoms with E-state index in [1.54, 1.807) is 18.2 Å². The van der Waals surface area contributed by atoms with E-state index in [1.165, 1.54) is 6.20 Å². The van der Waals surface area contributed by atoms with Crippen LogP contribution in [0.25, 0.3) is 11.3 Å². The molecule has 0 fully saturated rings. The summed E-state index contributed by atoms with van der Waals surface area (Å²) in [7, 11) is 0. The van der Waals surface area contributed by atoms with E-state index in [0.29, 0.717) is 12.2 Å². The van der Waals surface area contributed by atoms with Crippen LogP contribution >= 0.6 is 12.4 Å². The molecule has 2 N–H and O–H groups in total. The van der Waals surface area contributed by atoms with E-state index < -0.39 is 12.7 Å². The topological polar surface area (TPSA) is 43.8 Å². The van der Waals surface area contributed by atoms with Gasteiger partial charge in [0, 0.05) is 18.3 Å². The quantitative estimate of drug-likeness (QED) is 0.945. The molecule has 0 unspecified atom stereocenters. The molecule has 0 bridgehead atoms. The molecule has 7 heteroatoms. The van der Waals surface area contributed by atoms with Crippen LogP contribution < -0.4 is 5.73 Å². The van der Waals surface area contributed by atoms with Gasteiger partial charge in [0.15, 0.2) is 0 Å². The number of hydrogen-bond donors (Lipinski definition) is 1. The van der Waals surface area contributed by atoms with Crippen molar-refractivity contribution < 1.29 is 13.2 Å². The minimum Gasteiger partial charge on any atom is -0.326 e. The van der Waals surface area contributed by atoms with E-state index >= 15 is 0 Å². The minimum atomic E-state index is -4.27. The molecule has 104 valence electrons. The van der Waals surface area contributed by atoms with Gasteiger partial charge in [-0.05, 0) is 11.6 Å². The maximum absolute atomic E-state index is 12.2. The molecule has 2 rings (SSSR count). The third-order valence-corrected chi connectivity index (χ3v) is 2.50. The third kappa shape index (κ3) is 3.97. The van der Waals surface area contributed by atoms with Crippen molar-refractivity contribution in [2.24, 2.45) is 5.73 Å². The standard InChI is InChI=1S/C12H12F3N3.ClH/c13-12(14,15)8-18-6-5-11(17-18)10-4-2-1-3-9(10)7-16;/h1-6H,7-8,16H2;1H. The summed E-state index contributed by atoms with van der Waals surface area (Å²) in [4.78, 5) is 0. The zero-order valence-electron chi connectivity index (χ0n) is 9.89. The van der Waals surface area contributed by atoms with Gasteiger partial charge in [-0.3, -0.25) is 4.68 Å². The van der Waals surface area contributed by atoms with E-state index in [1.807, 2.05) is 12.1 Å². The Morgan fingerprint density at radius 3 is 2.47 bits per heavy atom. The van der Waals surface area contributed by atoms with Crippen LogP contribution in [-0.4, -0.2) is 16.0 Å². The summed E-state index contributed by atoms with van der Waals surface area (Å²) in [6.07, 6.45) is -2.95. The fourth-order valence-electron chi connectivity index (χ4n) is 1.73. The number of hydrogen-bond acceptors (Lipinski definition) is 2. The molecule has 1 aromatic heterocycles. The summed E-state index contributed by atoms with van der Waals surface area (Å²) < 4.78 is 37.5. The van der Waals surface area contributed by atoms with Crippen LogP contribution in [-0.2, 0) is 13.1 Å². The average Bonchev–Trinajstić information content (AvgIpc) is 2.75. The van der Waals surface area contributed by atoms with Crippen molar-refractivity contribution in [1.29, 1.82) is 0 Å². The molecular weight excluding hydrogens is 279 g/mol. The molecule has 0 amide bonds. The average molecular weight is 292 g/mol. The van der Waals surface area contributed by atoms with Crippen molar-refractivity contribution in [3.8, 4) is 11.3 Å². The van der Waals surface area contributed by atoms with Crippen molar-refractivity contribution in [2.45, 2.75) is 19.3 Å². The molecular formula is C12H13ClF3N3. The zero-order chi connectivity index (χ0) is 13.2. The van der Waals surface area contributed by atoms with Gasteiger partial charge in [0.05, 0.1) is 5.69 Å². The number of alkyl halides is 3. The van der Waals surface area contributed by atoms with E-state index in [9.17, 15) is 13.2 Å². The van der Waals surface area contributed by atoms with Crippen LogP contribution in [0.2, 0.25) is 0 Å². The van der Waals surface area contributed by atoms with Gasteiger partial charge in [0.1, 0.15) is 6.54 Å². The smallest absolute Gasteiger partial charge is 0.326 e. The SMILES string of the molecule is Cl.NCc1ccccc1-c1ccn(CC(F)(F)F)n1. The van der Waals surface area contributed by atoms with Gasteiger partial charge in [-0.25, -0.2) is 0 Å². The fraction of sp³-hybridized carbons (Fsp3) is 0.250. The molecule has 0 saturated heterocycles. The maximum Gasteiger partial charge on any atom is 0.408 e. The second kappa shape index (κ2) is 6.08. The Bertz CT molecular complexity index is 537. The number of halogens is 4. The van der Waals surface area contributed by atoms with Crippen molar-refractivity contribution >= 4 is 12.4 Å². The summed E-state index contributed by atoms with van der Waals surface area (Å²) in [5.41, 5.74) is 7.70. The number of benzene rings is 1. The highest BCUT2D eigenvalue weighted by Gasteiger charge is 2.28. The molecule has 0 atom stereocenters. The van der Waals surface area contributed by atoms with Gasteiger partial charge in [-0.2, -0.15) is 18.3 Å². The highest BCUT2D eigenvalue weighted by atomic mass is 35.5. The second-order valence-electron chi connectivity index (χ2n) is 3.88. The van der Waals surface area contributed by atoms with Crippen molar-refractivity contribution in [1.82, 2.24) is 9.78 Å². The molecule has 0 aliphatic rings. The van der Waals surface area contributed by atoms with Gasteiger partial charge in [0.25, 0.3) is 0 Å². The third-order valence-electron chi connectivity index (χ3n) is 2.50. The van der Waals surface area contributed by atoms with Crippen LogP contribution in [0.3, 0.4) is 0 Å². The molecule has 19 heavy (non-hydrogen) atoms. The molecule has 0 spiro atoms. The first kappa shape index (κ1) is 15.5. The predicted molar refractivity (Wildman–Crippen MR) is 68.9 cm³/mol. The van der Waals surface area contributed by atoms with E-state index in [-0.39, 0.29) is 12.4 Å². The largest absolute Gasteiger partial charge is 0.408 e. The van der Waals surface area contributed by atoms with E-state index in [2.05, 4.69) is 5.10 Å². The lowest BCUT2D eigenvalue weighted by Gasteiger charge is -2.06.